The normalized spacial score (nSPS) is 17.9. The van der Waals surface area contributed by atoms with Crippen molar-refractivity contribution in [2.24, 2.45) is 0 Å². The van der Waals surface area contributed by atoms with E-state index in [0.717, 1.165) is 84.7 Å². The average molecular weight is 1430 g/mol. The molecule has 106 heavy (non-hydrogen) atoms. The Kier molecular flexibility index (Phi) is 24.2. The van der Waals surface area contributed by atoms with E-state index in [1.54, 1.807) is 89.8 Å². The van der Waals surface area contributed by atoms with E-state index >= 15 is 8.78 Å². The molecule has 0 spiro atoms. The predicted molar refractivity (Wildman–Crippen MR) is 410 cm³/mol. The van der Waals surface area contributed by atoms with Crippen LogP contribution in [-0.4, -0.2) is 117 Å². The highest BCUT2D eigenvalue weighted by molar-refractivity contribution is 6.06. The summed E-state index contributed by atoms with van der Waals surface area (Å²) in [6.07, 6.45) is 7.11. The molecule has 550 valence electrons. The number of benzene rings is 9. The molecule has 0 radical (unpaired) electrons. The molecule has 4 aliphatic rings. The Labute approximate surface area is 621 Å². The van der Waals surface area contributed by atoms with Crippen LogP contribution < -0.4 is 24.0 Å². The molecule has 2 heterocycles. The van der Waals surface area contributed by atoms with Crippen LogP contribution in [0.25, 0.3) is 0 Å². The molecule has 9 aromatic rings. The number of esters is 1. The molecular formula is C89H96F2N6O9. The second-order valence-electron chi connectivity index (χ2n) is 29.1. The molecule has 13 rings (SSSR count). The van der Waals surface area contributed by atoms with E-state index in [2.05, 4.69) is 58.3 Å². The Morgan fingerprint density at radius 2 is 0.840 bits per heavy atom. The highest BCUT2D eigenvalue weighted by Gasteiger charge is 2.45. The van der Waals surface area contributed by atoms with Crippen LogP contribution in [0.2, 0.25) is 0 Å². The lowest BCUT2D eigenvalue weighted by molar-refractivity contribution is -0.133. The number of phenols is 1. The summed E-state index contributed by atoms with van der Waals surface area (Å²) in [5.74, 6) is -2.10. The van der Waals surface area contributed by atoms with Crippen molar-refractivity contribution < 1.29 is 52.1 Å². The molecule has 17 heteroatoms. The van der Waals surface area contributed by atoms with E-state index in [0.29, 0.717) is 88.1 Å². The number of hydrogen-bond donors (Lipinski definition) is 1. The smallest absolute Gasteiger partial charge is 0.343 e. The highest BCUT2D eigenvalue weighted by atomic mass is 19.1. The van der Waals surface area contributed by atoms with E-state index in [9.17, 15) is 29.1 Å². The van der Waals surface area contributed by atoms with Crippen molar-refractivity contribution in [1.82, 2.24) is 19.6 Å². The minimum absolute atomic E-state index is 0.0212. The largest absolute Gasteiger partial charge is 0.508 e. The molecule has 9 aromatic carbocycles. The Hall–Kier alpha value is -10.5. The number of halogens is 2. The van der Waals surface area contributed by atoms with Crippen molar-refractivity contribution in [1.29, 1.82) is 0 Å². The average Bonchev–Trinajstić information content (AvgIpc) is 0.757. The van der Waals surface area contributed by atoms with Gasteiger partial charge in [-0.15, -0.1) is 0 Å². The maximum absolute atomic E-state index is 16.2. The van der Waals surface area contributed by atoms with Crippen molar-refractivity contribution in [2.45, 2.75) is 154 Å². The third kappa shape index (κ3) is 17.9. The number of likely N-dealkylation sites (N-methyl/N-ethyl adjacent to an activating group) is 2. The summed E-state index contributed by atoms with van der Waals surface area (Å²) >= 11 is 0. The zero-order chi connectivity index (χ0) is 74.5. The fraction of sp³-hybridized carbons (Fsp3) is 0.337. The first kappa shape index (κ1) is 75.2. The fourth-order valence-corrected chi connectivity index (χ4v) is 15.6. The van der Waals surface area contributed by atoms with Gasteiger partial charge in [-0.25, -0.2) is 13.6 Å². The lowest BCUT2D eigenvalue weighted by Crippen LogP contribution is -2.54. The Morgan fingerprint density at radius 1 is 0.472 bits per heavy atom. The molecule has 0 bridgehead atoms. The molecule has 0 saturated heterocycles. The van der Waals surface area contributed by atoms with E-state index in [-0.39, 0.29) is 64.1 Å². The molecule has 2 aliphatic heterocycles. The Balaban J connectivity index is 0.000000201. The highest BCUT2D eigenvalue weighted by Crippen LogP contribution is 2.45. The molecule has 2 aliphatic carbocycles. The number of carbonyl (C=O) groups is 5. The summed E-state index contributed by atoms with van der Waals surface area (Å²) in [6, 6.07) is 69.6. The number of ether oxygens (including phenoxy) is 3. The number of nitrogens with zero attached hydrogens (tertiary/aromatic N) is 6. The Bertz CT molecular complexity index is 4430. The Morgan fingerprint density at radius 3 is 1.23 bits per heavy atom. The van der Waals surface area contributed by atoms with E-state index in [4.69, 9.17) is 14.2 Å². The summed E-state index contributed by atoms with van der Waals surface area (Å²) < 4.78 is 50.1. The number of hydrogen-bond acceptors (Lipinski definition) is 11. The number of carbonyl (C=O) groups excluding carboxylic acids is 5. The lowest BCUT2D eigenvalue weighted by Gasteiger charge is -2.41. The summed E-state index contributed by atoms with van der Waals surface area (Å²) in [6.45, 7) is 15.8. The van der Waals surface area contributed by atoms with Crippen molar-refractivity contribution in [3.8, 4) is 23.0 Å². The van der Waals surface area contributed by atoms with Gasteiger partial charge in [-0.1, -0.05) is 189 Å². The zero-order valence-corrected chi connectivity index (χ0v) is 61.6. The molecule has 4 atom stereocenters. The fourth-order valence-electron chi connectivity index (χ4n) is 15.6. The zero-order valence-electron chi connectivity index (χ0n) is 61.6. The number of amides is 4. The number of anilines is 2. The molecular weight excluding hydrogens is 1340 g/mol. The van der Waals surface area contributed by atoms with Gasteiger partial charge in [0.2, 0.25) is 0 Å². The van der Waals surface area contributed by atoms with Crippen LogP contribution in [0.3, 0.4) is 0 Å². The van der Waals surface area contributed by atoms with Gasteiger partial charge in [0, 0.05) is 101 Å². The van der Waals surface area contributed by atoms with Gasteiger partial charge in [-0.3, -0.25) is 29.0 Å². The van der Waals surface area contributed by atoms with Gasteiger partial charge >= 0.3 is 5.97 Å². The van der Waals surface area contributed by atoms with Crippen molar-refractivity contribution >= 4 is 41.0 Å². The minimum Gasteiger partial charge on any atom is -0.508 e. The van der Waals surface area contributed by atoms with Crippen molar-refractivity contribution in [3.63, 3.8) is 0 Å². The maximum atomic E-state index is 16.2. The summed E-state index contributed by atoms with van der Waals surface area (Å²) in [7, 11) is 0. The van der Waals surface area contributed by atoms with Gasteiger partial charge in [0.05, 0.1) is 28.1 Å². The predicted octanol–water partition coefficient (Wildman–Crippen LogP) is 17.4. The minimum atomic E-state index is -1.23. The number of aromatic hydroxyl groups is 1. The maximum Gasteiger partial charge on any atom is 0.343 e. The van der Waals surface area contributed by atoms with Gasteiger partial charge < -0.3 is 38.9 Å². The van der Waals surface area contributed by atoms with Crippen LogP contribution in [0.4, 0.5) is 20.2 Å². The number of phenolic OH excluding ortho intramolecular Hbond substituents is 1. The van der Waals surface area contributed by atoms with E-state index < -0.39 is 40.6 Å². The standard InChI is InChI=1S/C48H50FN3O5.C41H46FN3O4/c1-4-51(42-26-15-14-25-39(42)37-23-16-24-38(29-37)56-46(54)36-21-12-7-13-22-36)45(53)40-30-43-44(31-41(40)49)57-48(2,3)47(55)52(43)28-27-50(32-34-17-8-5-9-18-34)33-35-19-10-6-11-20-35;1-4-44(36-21-12-11-20-33(36)31-18-13-19-32(46)24-31)39(47)34-25-37-38(26-35(34)42)49-41(2,3)40(48)45(37)23-22-43(27-29-14-7-5-8-15-29)28-30-16-9-6-10-17-30/h5-13,16-24,29-31,39,42H,4,14-15,25-28,32-33H2,1-3H3;5-10,13-19,24-26,33,36,46H,4,11-12,20-23,27-28H2,1-3H3/t39-,42?;33-,36?/m11/s1. The van der Waals surface area contributed by atoms with Crippen LogP contribution in [0, 0.1) is 11.6 Å². The first-order valence-corrected chi connectivity index (χ1v) is 37.3. The lowest BCUT2D eigenvalue weighted by atomic mass is 9.79. The van der Waals surface area contributed by atoms with Crippen LogP contribution in [0.15, 0.2) is 224 Å². The SMILES string of the molecule is CCN(C(=O)c1cc2c(cc1F)OC(C)(C)C(=O)N2CCN(Cc1ccccc1)Cc1ccccc1)C1CCCC[C@@H]1c1cccc(O)c1.CCN(C(=O)c1cc2c(cc1F)OC(C)(C)C(=O)N2CCN(Cc1ccccc1)Cc1ccccc1)C1CCCC[C@@H]1c1cccc(OC(=O)c2ccccc2)c1. The molecule has 2 fully saturated rings. The molecule has 2 saturated carbocycles. The monoisotopic (exact) mass is 1430 g/mol. The first-order chi connectivity index (χ1) is 51.2. The quantitative estimate of drug-likeness (QED) is 0.0454. The molecule has 0 aromatic heterocycles. The van der Waals surface area contributed by atoms with Crippen LogP contribution in [-0.2, 0) is 35.8 Å². The van der Waals surface area contributed by atoms with Gasteiger partial charge in [0.1, 0.15) is 34.6 Å². The third-order valence-corrected chi connectivity index (χ3v) is 20.9. The summed E-state index contributed by atoms with van der Waals surface area (Å²) in [4.78, 5) is 81.2. The molecule has 2 unspecified atom stereocenters. The van der Waals surface area contributed by atoms with Crippen LogP contribution in [0.5, 0.6) is 23.0 Å². The summed E-state index contributed by atoms with van der Waals surface area (Å²) in [5, 5.41) is 10.2. The van der Waals surface area contributed by atoms with Gasteiger partial charge in [0.15, 0.2) is 11.2 Å². The topological polar surface area (TPSA) is 153 Å². The summed E-state index contributed by atoms with van der Waals surface area (Å²) in [5.41, 5.74) is 5.18. The first-order valence-electron chi connectivity index (χ1n) is 37.3. The van der Waals surface area contributed by atoms with E-state index in [1.807, 2.05) is 123 Å². The van der Waals surface area contributed by atoms with Gasteiger partial charge in [-0.2, -0.15) is 0 Å². The molecule has 15 nitrogen and oxygen atoms in total. The van der Waals surface area contributed by atoms with Crippen molar-refractivity contribution in [3.05, 3.63) is 286 Å². The number of fused-ring (bicyclic) bond motifs is 2. The number of rotatable bonds is 24. The van der Waals surface area contributed by atoms with Crippen LogP contribution in [0.1, 0.15) is 169 Å². The van der Waals surface area contributed by atoms with Crippen molar-refractivity contribution in [2.75, 3.05) is 49.1 Å². The van der Waals surface area contributed by atoms with E-state index in [1.165, 1.54) is 24.3 Å². The third-order valence-electron chi connectivity index (χ3n) is 20.9. The molecule has 4 amide bonds. The van der Waals surface area contributed by atoms with Gasteiger partial charge in [-0.05, 0) is 149 Å². The van der Waals surface area contributed by atoms with Gasteiger partial charge in [0.25, 0.3) is 23.6 Å². The second kappa shape index (κ2) is 34.2. The second-order valence-corrected chi connectivity index (χ2v) is 29.1. The van der Waals surface area contributed by atoms with Crippen LogP contribution >= 0.6 is 0 Å². The molecule has 1 N–H and O–H groups in total.